The van der Waals surface area contributed by atoms with E-state index in [2.05, 4.69) is 17.2 Å². The number of hydrogen-bond acceptors (Lipinski definition) is 3. The van der Waals surface area contributed by atoms with Crippen molar-refractivity contribution < 1.29 is 4.74 Å². The zero-order valence-corrected chi connectivity index (χ0v) is 4.82. The average molecular weight is 117 g/mol. The van der Waals surface area contributed by atoms with Crippen molar-refractivity contribution in [3.8, 4) is 0 Å². The van der Waals surface area contributed by atoms with E-state index in [1.807, 2.05) is 0 Å². The maximum absolute atomic E-state index is 4.97. The summed E-state index contributed by atoms with van der Waals surface area (Å²) < 4.78 is 8.64. The molecular weight excluding hydrogens is 110 g/mol. The molecule has 0 aromatic heterocycles. The van der Waals surface area contributed by atoms with Crippen LogP contribution < -0.4 is 0 Å². The maximum atomic E-state index is 4.97. The number of rotatable bonds is 0. The molecule has 1 aliphatic rings. The molecule has 0 amide bonds. The SMILES string of the molecule is S/N=C1\CCOC1. The summed E-state index contributed by atoms with van der Waals surface area (Å²) in [5.74, 6) is 0. The lowest BCUT2D eigenvalue weighted by molar-refractivity contribution is 0.209. The van der Waals surface area contributed by atoms with Crippen LogP contribution in [0.5, 0.6) is 0 Å². The van der Waals surface area contributed by atoms with E-state index in [0.29, 0.717) is 6.61 Å². The molecule has 0 atom stereocenters. The van der Waals surface area contributed by atoms with E-state index in [4.69, 9.17) is 4.74 Å². The van der Waals surface area contributed by atoms with Crippen molar-refractivity contribution in [2.75, 3.05) is 13.2 Å². The Morgan fingerprint density at radius 2 is 2.57 bits per heavy atom. The van der Waals surface area contributed by atoms with Crippen LogP contribution in [0.4, 0.5) is 0 Å². The molecule has 0 aromatic rings. The zero-order valence-electron chi connectivity index (χ0n) is 3.92. The quantitative estimate of drug-likeness (QED) is 0.463. The Kier molecular flexibility index (Phi) is 1.70. The highest BCUT2D eigenvalue weighted by Gasteiger charge is 2.05. The van der Waals surface area contributed by atoms with Gasteiger partial charge in [-0.1, -0.05) is 0 Å². The topological polar surface area (TPSA) is 21.6 Å². The molecule has 0 radical (unpaired) electrons. The van der Waals surface area contributed by atoms with Gasteiger partial charge >= 0.3 is 0 Å². The maximum Gasteiger partial charge on any atom is 0.0856 e. The van der Waals surface area contributed by atoms with Crippen LogP contribution in [-0.4, -0.2) is 18.9 Å². The Morgan fingerprint density at radius 1 is 1.71 bits per heavy atom. The van der Waals surface area contributed by atoms with Gasteiger partial charge in [-0.2, -0.15) is 0 Å². The molecule has 0 aliphatic carbocycles. The highest BCUT2D eigenvalue weighted by Crippen LogP contribution is 1.99. The fraction of sp³-hybridized carbons (Fsp3) is 0.750. The van der Waals surface area contributed by atoms with Gasteiger partial charge in [0.25, 0.3) is 0 Å². The molecule has 40 valence electrons. The third kappa shape index (κ3) is 1.17. The molecule has 2 nitrogen and oxygen atoms in total. The minimum atomic E-state index is 0.684. The highest BCUT2D eigenvalue weighted by atomic mass is 32.1. The predicted molar refractivity (Wildman–Crippen MR) is 31.9 cm³/mol. The van der Waals surface area contributed by atoms with Crippen LogP contribution in [0.15, 0.2) is 4.40 Å². The van der Waals surface area contributed by atoms with Gasteiger partial charge in [-0.05, 0) is 12.8 Å². The molecule has 1 aliphatic heterocycles. The molecular formula is C4H7NOS. The first-order valence-corrected chi connectivity index (χ1v) is 2.61. The van der Waals surface area contributed by atoms with Crippen molar-refractivity contribution in [1.29, 1.82) is 0 Å². The summed E-state index contributed by atoms with van der Waals surface area (Å²) in [6.45, 7) is 1.50. The van der Waals surface area contributed by atoms with Crippen LogP contribution in [-0.2, 0) is 4.74 Å². The first kappa shape index (κ1) is 5.12. The molecule has 1 saturated heterocycles. The van der Waals surface area contributed by atoms with Crippen molar-refractivity contribution in [3.63, 3.8) is 0 Å². The molecule has 0 bridgehead atoms. The largest absolute Gasteiger partial charge is 0.375 e. The van der Waals surface area contributed by atoms with Gasteiger partial charge < -0.3 is 4.74 Å². The van der Waals surface area contributed by atoms with E-state index in [9.17, 15) is 0 Å². The van der Waals surface area contributed by atoms with Crippen molar-refractivity contribution in [2.45, 2.75) is 6.42 Å². The van der Waals surface area contributed by atoms with Crippen molar-refractivity contribution in [2.24, 2.45) is 4.40 Å². The Labute approximate surface area is 48.1 Å². The predicted octanol–water partition coefficient (Wildman–Crippen LogP) is 0.693. The summed E-state index contributed by atoms with van der Waals surface area (Å²) in [6.07, 6.45) is 0.962. The van der Waals surface area contributed by atoms with Gasteiger partial charge in [-0.15, -0.1) is 0 Å². The van der Waals surface area contributed by atoms with E-state index in [1.54, 1.807) is 0 Å². The third-order valence-corrected chi connectivity index (χ3v) is 1.23. The molecule has 3 heteroatoms. The van der Waals surface area contributed by atoms with E-state index >= 15 is 0 Å². The molecule has 1 rings (SSSR count). The molecule has 1 fully saturated rings. The van der Waals surface area contributed by atoms with E-state index in [0.717, 1.165) is 18.7 Å². The van der Waals surface area contributed by atoms with Crippen LogP contribution in [0.25, 0.3) is 0 Å². The van der Waals surface area contributed by atoms with Gasteiger partial charge in [0.15, 0.2) is 0 Å². The summed E-state index contributed by atoms with van der Waals surface area (Å²) >= 11 is 3.72. The van der Waals surface area contributed by atoms with Gasteiger partial charge in [0.05, 0.1) is 18.9 Å². The second-order valence-corrected chi connectivity index (χ2v) is 1.67. The molecule has 0 spiro atoms. The summed E-state index contributed by atoms with van der Waals surface area (Å²) in [6, 6.07) is 0. The summed E-state index contributed by atoms with van der Waals surface area (Å²) in [5, 5.41) is 0. The van der Waals surface area contributed by atoms with Crippen LogP contribution in [0, 0.1) is 0 Å². The smallest absolute Gasteiger partial charge is 0.0856 e. The summed E-state index contributed by atoms with van der Waals surface area (Å²) in [7, 11) is 0. The minimum Gasteiger partial charge on any atom is -0.375 e. The molecule has 1 heterocycles. The second kappa shape index (κ2) is 2.33. The number of nitrogens with zero attached hydrogens (tertiary/aromatic N) is 1. The van der Waals surface area contributed by atoms with Crippen molar-refractivity contribution in [1.82, 2.24) is 0 Å². The lowest BCUT2D eigenvalue weighted by atomic mass is 10.3. The van der Waals surface area contributed by atoms with Crippen LogP contribution in [0.1, 0.15) is 6.42 Å². The monoisotopic (exact) mass is 117 g/mol. The zero-order chi connectivity index (χ0) is 5.11. The molecule has 0 saturated carbocycles. The van der Waals surface area contributed by atoms with E-state index < -0.39 is 0 Å². The molecule has 0 N–H and O–H groups in total. The lowest BCUT2D eigenvalue weighted by Crippen LogP contribution is -1.91. The first-order chi connectivity index (χ1) is 3.43. The Balaban J connectivity index is 2.41. The Bertz CT molecular complexity index is 83.7. The Morgan fingerprint density at radius 3 is 2.86 bits per heavy atom. The third-order valence-electron chi connectivity index (χ3n) is 0.945. The lowest BCUT2D eigenvalue weighted by Gasteiger charge is -1.81. The van der Waals surface area contributed by atoms with Gasteiger partial charge in [-0.25, -0.2) is 4.40 Å². The number of hydrogen-bond donors (Lipinski definition) is 1. The Hall–Kier alpha value is -0.0200. The summed E-state index contributed by atoms with van der Waals surface area (Å²) in [4.78, 5) is 0. The fourth-order valence-electron chi connectivity index (χ4n) is 0.531. The van der Waals surface area contributed by atoms with Crippen LogP contribution in [0.3, 0.4) is 0 Å². The minimum absolute atomic E-state index is 0.684. The molecule has 7 heavy (non-hydrogen) atoms. The van der Waals surface area contributed by atoms with Crippen LogP contribution in [0.2, 0.25) is 0 Å². The standard InChI is InChI=1S/C4H7NOS/c7-5-4-1-2-6-3-4/h7H,1-3H2/b5-4+. The van der Waals surface area contributed by atoms with Crippen molar-refractivity contribution in [3.05, 3.63) is 0 Å². The second-order valence-electron chi connectivity index (χ2n) is 1.47. The molecule has 0 unspecified atom stereocenters. The first-order valence-electron chi connectivity index (χ1n) is 2.21. The average Bonchev–Trinajstić information content (AvgIpc) is 2.14. The summed E-state index contributed by atoms with van der Waals surface area (Å²) in [5.41, 5.74) is 1.06. The van der Waals surface area contributed by atoms with Gasteiger partial charge in [0.1, 0.15) is 0 Å². The van der Waals surface area contributed by atoms with Gasteiger partial charge in [0.2, 0.25) is 0 Å². The van der Waals surface area contributed by atoms with E-state index in [1.165, 1.54) is 0 Å². The van der Waals surface area contributed by atoms with Crippen molar-refractivity contribution >= 4 is 18.5 Å². The van der Waals surface area contributed by atoms with Gasteiger partial charge in [0, 0.05) is 6.42 Å². The fourth-order valence-corrected chi connectivity index (χ4v) is 0.689. The van der Waals surface area contributed by atoms with Crippen LogP contribution >= 0.6 is 12.8 Å². The van der Waals surface area contributed by atoms with Gasteiger partial charge in [-0.3, -0.25) is 0 Å². The number of ether oxygens (including phenoxy) is 1. The molecule has 0 aromatic carbocycles. The normalized spacial score (nSPS) is 26.7. The number of thiol groups is 1. The highest BCUT2D eigenvalue weighted by molar-refractivity contribution is 7.79. The van der Waals surface area contributed by atoms with E-state index in [-0.39, 0.29) is 0 Å².